The third-order valence-electron chi connectivity index (χ3n) is 2.04. The van der Waals surface area contributed by atoms with E-state index in [-0.39, 0.29) is 12.6 Å². The van der Waals surface area contributed by atoms with E-state index >= 15 is 0 Å². The first kappa shape index (κ1) is 18.4. The van der Waals surface area contributed by atoms with E-state index in [4.69, 9.17) is 9.47 Å². The number of methoxy groups -OCH3 is 1. The minimum atomic E-state index is -0.394. The second kappa shape index (κ2) is 11.3. The molecule has 1 aromatic rings. The van der Waals surface area contributed by atoms with E-state index in [1.807, 2.05) is 30.3 Å². The van der Waals surface area contributed by atoms with E-state index in [0.29, 0.717) is 12.2 Å². The third-order valence-corrected chi connectivity index (χ3v) is 2.04. The second-order valence-corrected chi connectivity index (χ2v) is 3.81. The summed E-state index contributed by atoms with van der Waals surface area (Å²) in [6, 6.07) is 9.37. The Kier molecular flexibility index (Phi) is 9.91. The van der Waals surface area contributed by atoms with Crippen LogP contribution in [0.1, 0.15) is 6.92 Å². The highest BCUT2D eigenvalue weighted by atomic mass is 16.6. The molecule has 1 rings (SSSR count). The van der Waals surface area contributed by atoms with Crippen molar-refractivity contribution in [2.45, 2.75) is 6.92 Å². The molecule has 0 saturated heterocycles. The molecule has 0 unspecified atom stereocenters. The standard InChI is InChI=1S/C12H14O3.C4H6O2/c1-10(2)12(13)15-9-8-14-11-6-4-3-5-7-11;1-3-4(5)6-2/h3-7H,1,8-9H2,2H3;3H,1H2,2H3. The summed E-state index contributed by atoms with van der Waals surface area (Å²) >= 11 is 0. The van der Waals surface area contributed by atoms with Gasteiger partial charge in [0.05, 0.1) is 7.11 Å². The van der Waals surface area contributed by atoms with Gasteiger partial charge in [-0.1, -0.05) is 31.4 Å². The molecule has 21 heavy (non-hydrogen) atoms. The predicted molar refractivity (Wildman–Crippen MR) is 79.9 cm³/mol. The van der Waals surface area contributed by atoms with Crippen LogP contribution in [0.4, 0.5) is 0 Å². The maximum atomic E-state index is 11.0. The Labute approximate surface area is 124 Å². The first-order chi connectivity index (χ1) is 10.0. The third kappa shape index (κ3) is 9.95. The van der Waals surface area contributed by atoms with Gasteiger partial charge in [-0.15, -0.1) is 0 Å². The van der Waals surface area contributed by atoms with Gasteiger partial charge in [0.25, 0.3) is 0 Å². The molecule has 0 atom stereocenters. The summed E-state index contributed by atoms with van der Waals surface area (Å²) in [5.41, 5.74) is 0.398. The van der Waals surface area contributed by atoms with Crippen molar-refractivity contribution in [2.24, 2.45) is 0 Å². The lowest BCUT2D eigenvalue weighted by atomic mass is 10.3. The van der Waals surface area contributed by atoms with Gasteiger partial charge in [0, 0.05) is 11.6 Å². The average Bonchev–Trinajstić information content (AvgIpc) is 2.52. The molecule has 0 aliphatic heterocycles. The second-order valence-electron chi connectivity index (χ2n) is 3.81. The van der Waals surface area contributed by atoms with Gasteiger partial charge >= 0.3 is 11.9 Å². The molecule has 0 aliphatic rings. The van der Waals surface area contributed by atoms with Gasteiger partial charge in [-0.25, -0.2) is 9.59 Å². The highest BCUT2D eigenvalue weighted by molar-refractivity contribution is 5.86. The number of hydrogen-bond acceptors (Lipinski definition) is 5. The maximum absolute atomic E-state index is 11.0. The van der Waals surface area contributed by atoms with E-state index in [1.54, 1.807) is 6.92 Å². The van der Waals surface area contributed by atoms with Gasteiger partial charge in [-0.3, -0.25) is 0 Å². The van der Waals surface area contributed by atoms with Crippen LogP contribution in [0.2, 0.25) is 0 Å². The molecule has 0 bridgehead atoms. The van der Waals surface area contributed by atoms with Crippen molar-refractivity contribution in [1.82, 2.24) is 0 Å². The molecule has 0 radical (unpaired) electrons. The van der Waals surface area contributed by atoms with Crippen LogP contribution in [0.5, 0.6) is 5.75 Å². The van der Waals surface area contributed by atoms with E-state index in [1.165, 1.54) is 7.11 Å². The summed E-state index contributed by atoms with van der Waals surface area (Å²) in [4.78, 5) is 20.8. The topological polar surface area (TPSA) is 61.8 Å². The van der Waals surface area contributed by atoms with E-state index in [0.717, 1.165) is 11.8 Å². The molecule has 0 N–H and O–H groups in total. The van der Waals surface area contributed by atoms with Gasteiger partial charge < -0.3 is 14.2 Å². The van der Waals surface area contributed by atoms with Gasteiger partial charge in [-0.2, -0.15) is 0 Å². The van der Waals surface area contributed by atoms with Crippen molar-refractivity contribution in [3.63, 3.8) is 0 Å². The first-order valence-corrected chi connectivity index (χ1v) is 6.22. The van der Waals surface area contributed by atoms with Crippen molar-refractivity contribution in [1.29, 1.82) is 0 Å². The van der Waals surface area contributed by atoms with Crippen LogP contribution in [0.3, 0.4) is 0 Å². The summed E-state index contributed by atoms with van der Waals surface area (Å²) in [5, 5.41) is 0. The van der Waals surface area contributed by atoms with Crippen molar-refractivity contribution >= 4 is 11.9 Å². The van der Waals surface area contributed by atoms with Gasteiger partial charge in [0.1, 0.15) is 19.0 Å². The zero-order chi connectivity index (χ0) is 16.1. The minimum absolute atomic E-state index is 0.237. The number of rotatable bonds is 6. The van der Waals surface area contributed by atoms with E-state index in [9.17, 15) is 9.59 Å². The number of ether oxygens (including phenoxy) is 3. The number of esters is 2. The Morgan fingerprint density at radius 3 is 2.24 bits per heavy atom. The Balaban J connectivity index is 0.000000567. The monoisotopic (exact) mass is 292 g/mol. The molecule has 0 spiro atoms. The molecule has 114 valence electrons. The smallest absolute Gasteiger partial charge is 0.333 e. The van der Waals surface area contributed by atoms with Crippen molar-refractivity contribution in [3.8, 4) is 5.75 Å². The highest BCUT2D eigenvalue weighted by Crippen LogP contribution is 2.07. The molecule has 0 aromatic heterocycles. The highest BCUT2D eigenvalue weighted by Gasteiger charge is 2.01. The first-order valence-electron chi connectivity index (χ1n) is 6.22. The molecule has 0 fully saturated rings. The molecule has 5 heteroatoms. The average molecular weight is 292 g/mol. The molecular weight excluding hydrogens is 272 g/mol. The summed E-state index contributed by atoms with van der Waals surface area (Å²) < 4.78 is 14.3. The van der Waals surface area contributed by atoms with Crippen molar-refractivity contribution in [3.05, 3.63) is 55.1 Å². The van der Waals surface area contributed by atoms with Gasteiger partial charge in [-0.05, 0) is 19.1 Å². The summed E-state index contributed by atoms with van der Waals surface area (Å²) in [5.74, 6) is -0.00876. The molecule has 0 amide bonds. The van der Waals surface area contributed by atoms with Crippen LogP contribution >= 0.6 is 0 Å². The molecule has 1 aromatic carbocycles. The Hall–Kier alpha value is -2.56. The molecule has 0 aliphatic carbocycles. The van der Waals surface area contributed by atoms with E-state index in [2.05, 4.69) is 17.9 Å². The quantitative estimate of drug-likeness (QED) is 0.458. The number of carbonyl (C=O) groups excluding carboxylic acids is 2. The Morgan fingerprint density at radius 1 is 1.19 bits per heavy atom. The molecular formula is C16H20O5. The van der Waals surface area contributed by atoms with Gasteiger partial charge in [0.15, 0.2) is 0 Å². The van der Waals surface area contributed by atoms with Crippen LogP contribution in [0.25, 0.3) is 0 Å². The number of hydrogen-bond donors (Lipinski definition) is 0. The van der Waals surface area contributed by atoms with E-state index < -0.39 is 5.97 Å². The van der Waals surface area contributed by atoms with Crippen LogP contribution in [0, 0.1) is 0 Å². The molecule has 0 heterocycles. The fraction of sp³-hybridized carbons (Fsp3) is 0.250. The zero-order valence-electron chi connectivity index (χ0n) is 12.3. The normalized spacial score (nSPS) is 8.67. The fourth-order valence-corrected chi connectivity index (χ4v) is 1.02. The fourth-order valence-electron chi connectivity index (χ4n) is 1.02. The number of benzene rings is 1. The molecule has 0 saturated carbocycles. The number of para-hydroxylation sites is 1. The lowest BCUT2D eigenvalue weighted by molar-refractivity contribution is -0.139. The SMILES string of the molecule is C=C(C)C(=O)OCCOc1ccccc1.C=CC(=O)OC. The molecule has 5 nitrogen and oxygen atoms in total. The van der Waals surface area contributed by atoms with Crippen LogP contribution in [-0.4, -0.2) is 32.3 Å². The maximum Gasteiger partial charge on any atom is 0.333 e. The van der Waals surface area contributed by atoms with Crippen LogP contribution < -0.4 is 4.74 Å². The largest absolute Gasteiger partial charge is 0.490 e. The van der Waals surface area contributed by atoms with Crippen LogP contribution in [-0.2, 0) is 19.1 Å². The van der Waals surface area contributed by atoms with Crippen LogP contribution in [0.15, 0.2) is 55.1 Å². The van der Waals surface area contributed by atoms with Gasteiger partial charge in [0.2, 0.25) is 0 Å². The Morgan fingerprint density at radius 2 is 1.81 bits per heavy atom. The number of carbonyl (C=O) groups is 2. The summed E-state index contributed by atoms with van der Waals surface area (Å²) in [6.45, 7) is 8.83. The minimum Gasteiger partial charge on any atom is -0.490 e. The lowest BCUT2D eigenvalue weighted by Crippen LogP contribution is -2.12. The predicted octanol–water partition coefficient (Wildman–Crippen LogP) is 2.53. The lowest BCUT2D eigenvalue weighted by Gasteiger charge is -2.06. The zero-order valence-corrected chi connectivity index (χ0v) is 12.3. The summed E-state index contributed by atoms with van der Waals surface area (Å²) in [7, 11) is 1.31. The van der Waals surface area contributed by atoms with Crippen molar-refractivity contribution in [2.75, 3.05) is 20.3 Å². The Bertz CT molecular complexity index is 465. The van der Waals surface area contributed by atoms with Crippen molar-refractivity contribution < 1.29 is 23.8 Å². The summed E-state index contributed by atoms with van der Waals surface area (Å²) in [6.07, 6.45) is 1.11.